The molecule has 5 rings (SSSR count). The molecule has 2 fully saturated rings. The molecule has 172 valence electrons. The van der Waals surface area contributed by atoms with E-state index in [-0.39, 0.29) is 17.6 Å². The molecule has 0 bridgehead atoms. The smallest absolute Gasteiger partial charge is 0.192 e. The Balaban J connectivity index is 1.23. The van der Waals surface area contributed by atoms with Gasteiger partial charge in [0.25, 0.3) is 0 Å². The van der Waals surface area contributed by atoms with Crippen molar-refractivity contribution in [1.82, 2.24) is 19.9 Å². The molecule has 0 unspecified atom stereocenters. The molecule has 2 saturated heterocycles. The fourth-order valence-electron chi connectivity index (χ4n) is 4.67. The average molecular weight is 483 g/mol. The lowest BCUT2D eigenvalue weighted by molar-refractivity contribution is 0.0974. The lowest BCUT2D eigenvalue weighted by Crippen LogP contribution is -2.50. The van der Waals surface area contributed by atoms with Gasteiger partial charge in [0.15, 0.2) is 5.16 Å². The molecule has 3 aromatic rings. The maximum absolute atomic E-state index is 6.68. The Morgan fingerprint density at radius 1 is 1.12 bits per heavy atom. The van der Waals surface area contributed by atoms with Gasteiger partial charge in [-0.2, -0.15) is 0 Å². The summed E-state index contributed by atoms with van der Waals surface area (Å²) < 4.78 is 5.83. The van der Waals surface area contributed by atoms with Crippen molar-refractivity contribution in [3.05, 3.63) is 65.5 Å². The van der Waals surface area contributed by atoms with E-state index in [0.717, 1.165) is 54.5 Å². The predicted octanol–water partition coefficient (Wildman–Crippen LogP) is 3.99. The largest absolute Gasteiger partial charge is 0.376 e. The molecule has 2 aliphatic rings. The Hall–Kier alpha value is -2.26. The van der Waals surface area contributed by atoms with Gasteiger partial charge < -0.3 is 15.4 Å². The molecule has 2 aromatic heterocycles. The van der Waals surface area contributed by atoms with Crippen LogP contribution in [0, 0.1) is 5.41 Å². The molecule has 0 saturated carbocycles. The van der Waals surface area contributed by atoms with Gasteiger partial charge in [-0.25, -0.2) is 19.9 Å². The summed E-state index contributed by atoms with van der Waals surface area (Å²) in [5, 5.41) is 1.36. The van der Waals surface area contributed by atoms with Crippen molar-refractivity contribution in [2.75, 3.05) is 24.6 Å². The van der Waals surface area contributed by atoms with E-state index in [4.69, 9.17) is 22.1 Å². The van der Waals surface area contributed by atoms with Crippen LogP contribution in [0.5, 0.6) is 0 Å². The minimum atomic E-state index is 0.110. The van der Waals surface area contributed by atoms with Gasteiger partial charge in [0.1, 0.15) is 5.82 Å². The van der Waals surface area contributed by atoms with Crippen molar-refractivity contribution >= 4 is 29.1 Å². The molecule has 1 aromatic carbocycles. The van der Waals surface area contributed by atoms with Crippen LogP contribution in [-0.2, 0) is 11.2 Å². The Labute approximate surface area is 203 Å². The number of hydrogen-bond acceptors (Lipinski definition) is 8. The number of rotatable bonds is 5. The van der Waals surface area contributed by atoms with Gasteiger partial charge in [-0.15, -0.1) is 0 Å². The van der Waals surface area contributed by atoms with E-state index in [1.54, 1.807) is 18.5 Å². The second kappa shape index (κ2) is 9.54. The molecule has 0 radical (unpaired) electrons. The zero-order chi connectivity index (χ0) is 22.8. The first-order valence-corrected chi connectivity index (χ1v) is 12.4. The summed E-state index contributed by atoms with van der Waals surface area (Å²) in [6, 6.07) is 7.89. The topological polar surface area (TPSA) is 90.0 Å². The van der Waals surface area contributed by atoms with Gasteiger partial charge in [0.05, 0.1) is 35.8 Å². The summed E-state index contributed by atoms with van der Waals surface area (Å²) >= 11 is 8.15. The average Bonchev–Trinajstić information content (AvgIpc) is 3.12. The lowest BCUT2D eigenvalue weighted by atomic mass is 9.73. The Morgan fingerprint density at radius 2 is 1.85 bits per heavy atom. The van der Waals surface area contributed by atoms with Crippen LogP contribution in [0.15, 0.2) is 59.1 Å². The standard InChI is InChI=1S/C24H27ClN6OS/c1-16-22(26)24(15-32-16)6-10-31(11-7-24)18-13-29-23(30-14-18)33-19-5-2-4-17(21(19)25)12-20-27-8-3-9-28-20/h2-5,8-9,13-14,16,22H,6-7,10-12,15,26H2,1H3/t16-,22+/m0/s1. The van der Waals surface area contributed by atoms with Gasteiger partial charge in [-0.1, -0.05) is 23.7 Å². The highest BCUT2D eigenvalue weighted by atomic mass is 35.5. The molecule has 7 nitrogen and oxygen atoms in total. The normalized spacial score (nSPS) is 22.1. The molecular weight excluding hydrogens is 456 g/mol. The van der Waals surface area contributed by atoms with E-state index in [0.29, 0.717) is 16.6 Å². The molecule has 1 spiro atoms. The lowest BCUT2D eigenvalue weighted by Gasteiger charge is -2.41. The van der Waals surface area contributed by atoms with Crippen molar-refractivity contribution in [2.24, 2.45) is 11.1 Å². The molecular formula is C24H27ClN6OS. The van der Waals surface area contributed by atoms with Gasteiger partial charge in [0, 0.05) is 48.3 Å². The van der Waals surface area contributed by atoms with Crippen LogP contribution >= 0.6 is 23.4 Å². The van der Waals surface area contributed by atoms with Crippen LogP contribution in [0.4, 0.5) is 5.69 Å². The summed E-state index contributed by atoms with van der Waals surface area (Å²) in [6.07, 6.45) is 10.1. The van der Waals surface area contributed by atoms with E-state index in [9.17, 15) is 0 Å². The molecule has 2 atom stereocenters. The highest BCUT2D eigenvalue weighted by molar-refractivity contribution is 7.99. The van der Waals surface area contributed by atoms with Crippen LogP contribution in [0.1, 0.15) is 31.2 Å². The van der Waals surface area contributed by atoms with E-state index >= 15 is 0 Å². The minimum absolute atomic E-state index is 0.110. The number of nitrogens with two attached hydrogens (primary N) is 1. The molecule has 9 heteroatoms. The molecule has 2 N–H and O–H groups in total. The summed E-state index contributed by atoms with van der Waals surface area (Å²) in [4.78, 5) is 21.0. The zero-order valence-corrected chi connectivity index (χ0v) is 20.1. The summed E-state index contributed by atoms with van der Waals surface area (Å²) in [5.41, 5.74) is 8.57. The molecule has 2 aliphatic heterocycles. The number of anilines is 1. The van der Waals surface area contributed by atoms with Gasteiger partial charge in [-0.3, -0.25) is 0 Å². The van der Waals surface area contributed by atoms with Gasteiger partial charge >= 0.3 is 0 Å². The predicted molar refractivity (Wildman–Crippen MR) is 130 cm³/mol. The van der Waals surface area contributed by atoms with Crippen LogP contribution in [-0.4, -0.2) is 51.8 Å². The van der Waals surface area contributed by atoms with Crippen LogP contribution in [0.2, 0.25) is 5.02 Å². The van der Waals surface area contributed by atoms with Crippen LogP contribution < -0.4 is 10.6 Å². The van der Waals surface area contributed by atoms with Crippen molar-refractivity contribution in [3.63, 3.8) is 0 Å². The third kappa shape index (κ3) is 4.71. The summed E-state index contributed by atoms with van der Waals surface area (Å²) in [6.45, 7) is 4.73. The summed E-state index contributed by atoms with van der Waals surface area (Å²) in [5.74, 6) is 0.741. The second-order valence-electron chi connectivity index (χ2n) is 8.79. The fourth-order valence-corrected chi connectivity index (χ4v) is 5.75. The molecule has 0 aliphatic carbocycles. The number of halogens is 1. The third-order valence-electron chi connectivity index (χ3n) is 6.80. The number of benzene rings is 1. The van der Waals surface area contributed by atoms with E-state index in [1.165, 1.54) is 11.8 Å². The van der Waals surface area contributed by atoms with E-state index in [1.807, 2.05) is 30.6 Å². The monoisotopic (exact) mass is 482 g/mol. The number of hydrogen-bond donors (Lipinski definition) is 1. The Morgan fingerprint density at radius 3 is 2.52 bits per heavy atom. The molecule has 4 heterocycles. The first-order chi connectivity index (χ1) is 16.0. The number of ether oxygens (including phenoxy) is 1. The van der Waals surface area contributed by atoms with Crippen molar-refractivity contribution < 1.29 is 4.74 Å². The Kier molecular flexibility index (Phi) is 6.51. The summed E-state index contributed by atoms with van der Waals surface area (Å²) in [7, 11) is 0. The number of piperidine rings is 1. The number of nitrogens with zero attached hydrogens (tertiary/aromatic N) is 5. The zero-order valence-electron chi connectivity index (χ0n) is 18.5. The quantitative estimate of drug-likeness (QED) is 0.546. The first-order valence-electron chi connectivity index (χ1n) is 11.2. The first kappa shape index (κ1) is 22.5. The third-order valence-corrected chi connectivity index (χ3v) is 8.31. The van der Waals surface area contributed by atoms with Crippen molar-refractivity contribution in [3.8, 4) is 0 Å². The van der Waals surface area contributed by atoms with Crippen LogP contribution in [0.3, 0.4) is 0 Å². The maximum atomic E-state index is 6.68. The highest BCUT2D eigenvalue weighted by Crippen LogP contribution is 2.42. The highest BCUT2D eigenvalue weighted by Gasteiger charge is 2.47. The fraction of sp³-hybridized carbons (Fsp3) is 0.417. The Bertz CT molecular complexity index is 1090. The van der Waals surface area contributed by atoms with Gasteiger partial charge in [0.2, 0.25) is 0 Å². The van der Waals surface area contributed by atoms with Crippen molar-refractivity contribution in [1.29, 1.82) is 0 Å². The number of aromatic nitrogens is 4. The molecule has 33 heavy (non-hydrogen) atoms. The van der Waals surface area contributed by atoms with Crippen molar-refractivity contribution in [2.45, 2.75) is 48.4 Å². The second-order valence-corrected chi connectivity index (χ2v) is 10.2. The van der Waals surface area contributed by atoms with Gasteiger partial charge in [-0.05, 0) is 49.2 Å². The minimum Gasteiger partial charge on any atom is -0.376 e. The molecule has 0 amide bonds. The van der Waals surface area contributed by atoms with Crippen LogP contribution in [0.25, 0.3) is 0 Å². The van der Waals surface area contributed by atoms with E-state index in [2.05, 4.69) is 31.8 Å². The van der Waals surface area contributed by atoms with E-state index < -0.39 is 0 Å². The maximum Gasteiger partial charge on any atom is 0.192 e. The SMILES string of the molecule is C[C@@H]1OCC2(CCN(c3cnc(Sc4cccc(Cc5ncccn5)c4Cl)nc3)CC2)[C@@H]1N.